The summed E-state index contributed by atoms with van der Waals surface area (Å²) in [6, 6.07) is 7.19. The predicted molar refractivity (Wildman–Crippen MR) is 84.6 cm³/mol. The zero-order valence-electron chi connectivity index (χ0n) is 11.9. The van der Waals surface area contributed by atoms with Crippen LogP contribution in [0.3, 0.4) is 0 Å². The lowest BCUT2D eigenvalue weighted by Crippen LogP contribution is -2.21. The molecule has 20 heavy (non-hydrogen) atoms. The van der Waals surface area contributed by atoms with Crippen LogP contribution in [0.15, 0.2) is 29.4 Å². The first-order valence-electron chi connectivity index (χ1n) is 6.88. The topological polar surface area (TPSA) is 50.7 Å². The predicted octanol–water partition coefficient (Wildman–Crippen LogP) is 3.40. The SMILES string of the molecule is CCOC(=O)c1ccc(NN=C2CCSCC2C)cc1. The molecular weight excluding hydrogens is 272 g/mol. The fourth-order valence-corrected chi connectivity index (χ4v) is 3.04. The van der Waals surface area contributed by atoms with Crippen LogP contribution in [0.5, 0.6) is 0 Å². The summed E-state index contributed by atoms with van der Waals surface area (Å²) in [5.41, 5.74) is 5.74. The van der Waals surface area contributed by atoms with E-state index in [1.807, 2.05) is 23.9 Å². The molecule has 0 radical (unpaired) electrons. The van der Waals surface area contributed by atoms with Gasteiger partial charge < -0.3 is 4.74 Å². The molecule has 108 valence electrons. The van der Waals surface area contributed by atoms with Crippen molar-refractivity contribution in [3.8, 4) is 0 Å². The molecule has 0 bridgehead atoms. The highest BCUT2D eigenvalue weighted by molar-refractivity contribution is 7.99. The van der Waals surface area contributed by atoms with Crippen LogP contribution in [0.25, 0.3) is 0 Å². The number of hydrogen-bond acceptors (Lipinski definition) is 5. The zero-order chi connectivity index (χ0) is 14.4. The molecule has 2 rings (SSSR count). The fraction of sp³-hybridized carbons (Fsp3) is 0.467. The minimum absolute atomic E-state index is 0.289. The number of hydrazone groups is 1. The molecule has 0 spiro atoms. The lowest BCUT2D eigenvalue weighted by molar-refractivity contribution is 0.0526. The van der Waals surface area contributed by atoms with Gasteiger partial charge in [0.15, 0.2) is 0 Å². The molecule has 1 aliphatic rings. The molecule has 1 aromatic rings. The first-order chi connectivity index (χ1) is 9.70. The monoisotopic (exact) mass is 292 g/mol. The Morgan fingerprint density at radius 2 is 2.20 bits per heavy atom. The Morgan fingerprint density at radius 1 is 1.45 bits per heavy atom. The van der Waals surface area contributed by atoms with Gasteiger partial charge in [-0.15, -0.1) is 0 Å². The van der Waals surface area contributed by atoms with Gasteiger partial charge in [0.25, 0.3) is 0 Å². The van der Waals surface area contributed by atoms with Gasteiger partial charge in [0.2, 0.25) is 0 Å². The molecule has 1 aliphatic heterocycles. The molecule has 1 unspecified atom stereocenters. The van der Waals surface area contributed by atoms with E-state index in [1.165, 1.54) is 5.71 Å². The molecule has 1 fully saturated rings. The lowest BCUT2D eigenvalue weighted by Gasteiger charge is -2.19. The summed E-state index contributed by atoms with van der Waals surface area (Å²) in [5, 5.41) is 4.48. The molecule has 5 heteroatoms. The van der Waals surface area contributed by atoms with Crippen LogP contribution in [-0.4, -0.2) is 29.8 Å². The van der Waals surface area contributed by atoms with E-state index in [0.29, 0.717) is 18.1 Å². The van der Waals surface area contributed by atoms with E-state index in [1.54, 1.807) is 19.1 Å². The van der Waals surface area contributed by atoms with Crippen LogP contribution >= 0.6 is 11.8 Å². The number of rotatable bonds is 4. The van der Waals surface area contributed by atoms with Crippen molar-refractivity contribution in [1.82, 2.24) is 0 Å². The van der Waals surface area contributed by atoms with Crippen molar-refractivity contribution in [2.45, 2.75) is 20.3 Å². The number of carbonyl (C=O) groups excluding carboxylic acids is 1. The van der Waals surface area contributed by atoms with Crippen molar-refractivity contribution in [3.05, 3.63) is 29.8 Å². The molecule has 0 amide bonds. The van der Waals surface area contributed by atoms with E-state index in [2.05, 4.69) is 17.5 Å². The second kappa shape index (κ2) is 7.33. The zero-order valence-corrected chi connectivity index (χ0v) is 12.7. The van der Waals surface area contributed by atoms with Gasteiger partial charge in [-0.2, -0.15) is 16.9 Å². The second-order valence-corrected chi connectivity index (χ2v) is 5.89. The Kier molecular flexibility index (Phi) is 5.47. The van der Waals surface area contributed by atoms with Crippen molar-refractivity contribution in [3.63, 3.8) is 0 Å². The van der Waals surface area contributed by atoms with Gasteiger partial charge in [-0.05, 0) is 43.4 Å². The number of esters is 1. The van der Waals surface area contributed by atoms with Gasteiger partial charge in [-0.25, -0.2) is 4.79 Å². The largest absolute Gasteiger partial charge is 0.462 e. The number of ether oxygens (including phenoxy) is 1. The molecule has 1 atom stereocenters. The standard InChI is InChI=1S/C15H20N2O2S/c1-3-19-15(18)12-4-6-13(7-5-12)16-17-14-8-9-20-10-11(14)2/h4-7,11,16H,3,8-10H2,1-2H3. The third-order valence-corrected chi connectivity index (χ3v) is 4.39. The third kappa shape index (κ3) is 4.00. The molecule has 0 saturated carbocycles. The van der Waals surface area contributed by atoms with Gasteiger partial charge in [-0.3, -0.25) is 5.43 Å². The summed E-state index contributed by atoms with van der Waals surface area (Å²) in [6.07, 6.45) is 1.04. The van der Waals surface area contributed by atoms with Crippen LogP contribution in [0.1, 0.15) is 30.6 Å². The minimum Gasteiger partial charge on any atom is -0.462 e. The highest BCUT2D eigenvalue weighted by Crippen LogP contribution is 2.20. The average molecular weight is 292 g/mol. The van der Waals surface area contributed by atoms with E-state index in [9.17, 15) is 4.79 Å². The first kappa shape index (κ1) is 14.9. The number of hydrogen-bond donors (Lipinski definition) is 1. The van der Waals surface area contributed by atoms with Gasteiger partial charge in [0, 0.05) is 17.4 Å². The van der Waals surface area contributed by atoms with Crippen molar-refractivity contribution in [2.75, 3.05) is 23.5 Å². The van der Waals surface area contributed by atoms with Crippen LogP contribution in [-0.2, 0) is 4.74 Å². The van der Waals surface area contributed by atoms with Crippen LogP contribution in [0.4, 0.5) is 5.69 Å². The molecule has 0 aromatic heterocycles. The summed E-state index contributed by atoms with van der Waals surface area (Å²) in [6.45, 7) is 4.40. The smallest absolute Gasteiger partial charge is 0.338 e. The quantitative estimate of drug-likeness (QED) is 0.682. The normalized spacial score (nSPS) is 20.7. The molecule has 1 heterocycles. The Bertz CT molecular complexity index is 485. The number of nitrogens with zero attached hydrogens (tertiary/aromatic N) is 1. The number of nitrogens with one attached hydrogen (secondary N) is 1. The Labute approximate surface area is 124 Å². The lowest BCUT2D eigenvalue weighted by atomic mass is 10.1. The number of carbonyl (C=O) groups is 1. The molecule has 1 N–H and O–H groups in total. The van der Waals surface area contributed by atoms with Crippen LogP contribution in [0, 0.1) is 5.92 Å². The Hall–Kier alpha value is -1.49. The Balaban J connectivity index is 1.96. The van der Waals surface area contributed by atoms with Gasteiger partial charge in [0.1, 0.15) is 0 Å². The summed E-state index contributed by atoms with van der Waals surface area (Å²) < 4.78 is 4.95. The van der Waals surface area contributed by atoms with E-state index in [4.69, 9.17) is 4.74 Å². The van der Waals surface area contributed by atoms with E-state index in [0.717, 1.165) is 23.6 Å². The summed E-state index contributed by atoms with van der Waals surface area (Å²) in [7, 11) is 0. The van der Waals surface area contributed by atoms with Crippen LogP contribution in [0.2, 0.25) is 0 Å². The highest BCUT2D eigenvalue weighted by Gasteiger charge is 2.16. The van der Waals surface area contributed by atoms with Crippen LogP contribution < -0.4 is 5.43 Å². The molecule has 0 aliphatic carbocycles. The average Bonchev–Trinajstić information content (AvgIpc) is 2.47. The summed E-state index contributed by atoms with van der Waals surface area (Å²) in [5.74, 6) is 2.53. The fourth-order valence-electron chi connectivity index (χ4n) is 1.98. The number of thioether (sulfide) groups is 1. The van der Waals surface area contributed by atoms with Crippen molar-refractivity contribution in [2.24, 2.45) is 11.0 Å². The van der Waals surface area contributed by atoms with E-state index in [-0.39, 0.29) is 5.97 Å². The third-order valence-electron chi connectivity index (χ3n) is 3.16. The van der Waals surface area contributed by atoms with Crippen molar-refractivity contribution in [1.29, 1.82) is 0 Å². The molecular formula is C15H20N2O2S. The minimum atomic E-state index is -0.289. The maximum absolute atomic E-state index is 11.5. The maximum Gasteiger partial charge on any atom is 0.338 e. The number of anilines is 1. The van der Waals surface area contributed by atoms with E-state index >= 15 is 0 Å². The molecule has 1 saturated heterocycles. The van der Waals surface area contributed by atoms with E-state index < -0.39 is 0 Å². The maximum atomic E-state index is 11.5. The molecule has 4 nitrogen and oxygen atoms in total. The summed E-state index contributed by atoms with van der Waals surface area (Å²) >= 11 is 1.98. The van der Waals surface area contributed by atoms with Gasteiger partial charge >= 0.3 is 5.97 Å². The van der Waals surface area contributed by atoms with Gasteiger partial charge in [-0.1, -0.05) is 6.92 Å². The number of benzene rings is 1. The highest BCUT2D eigenvalue weighted by atomic mass is 32.2. The first-order valence-corrected chi connectivity index (χ1v) is 8.03. The summed E-state index contributed by atoms with van der Waals surface area (Å²) in [4.78, 5) is 11.5. The van der Waals surface area contributed by atoms with Gasteiger partial charge in [0.05, 0.1) is 17.9 Å². The second-order valence-electron chi connectivity index (χ2n) is 4.74. The van der Waals surface area contributed by atoms with Crippen molar-refractivity contribution < 1.29 is 9.53 Å². The van der Waals surface area contributed by atoms with Crippen molar-refractivity contribution >= 4 is 29.1 Å². The molecule has 1 aromatic carbocycles. The Morgan fingerprint density at radius 3 is 2.85 bits per heavy atom.